The Bertz CT molecular complexity index is 507. The third kappa shape index (κ3) is 5.20. The Balaban J connectivity index is 0.00000242. The van der Waals surface area contributed by atoms with E-state index in [9.17, 15) is 9.90 Å². The molecule has 0 aromatic heterocycles. The molecule has 2 N–H and O–H groups in total. The molecule has 0 aromatic rings. The third-order valence-electron chi connectivity index (χ3n) is 3.34. The average molecular weight is 352 g/mol. The molecule has 0 spiro atoms. The zero-order chi connectivity index (χ0) is 15.6. The van der Waals surface area contributed by atoms with E-state index in [4.69, 9.17) is 14.6 Å². The number of allylic oxidation sites excluding steroid dienone is 5. The standard InChI is InChI=1S/C16H21O5.Ni/c1-10-4-5-12(9-16(2,3)8-10)20-14-7-11(17)6-13(21-14)15(18)19;/h4-5,8-9,11,13-14,17H,1,6-7H2,2-3H3,(H,18,19);/q-1;/t11-,13-,14+;/m0./s1. The molecule has 1 saturated heterocycles. The van der Waals surface area contributed by atoms with E-state index < -0.39 is 24.5 Å². The Morgan fingerprint density at radius 2 is 2.05 bits per heavy atom. The fraction of sp³-hybridized carbons (Fsp3) is 0.500. The first kappa shape index (κ1) is 18.8. The molecule has 1 aliphatic heterocycles. The van der Waals surface area contributed by atoms with Gasteiger partial charge in [0.1, 0.15) is 5.76 Å². The van der Waals surface area contributed by atoms with Crippen LogP contribution in [-0.2, 0) is 30.8 Å². The van der Waals surface area contributed by atoms with E-state index in [2.05, 4.69) is 6.92 Å². The number of carboxylic acids is 1. The summed E-state index contributed by atoms with van der Waals surface area (Å²) in [7, 11) is 0. The summed E-state index contributed by atoms with van der Waals surface area (Å²) in [6.07, 6.45) is 5.31. The zero-order valence-corrected chi connectivity index (χ0v) is 13.6. The summed E-state index contributed by atoms with van der Waals surface area (Å²) in [6, 6.07) is 0. The van der Waals surface area contributed by atoms with Crippen LogP contribution in [0.3, 0.4) is 0 Å². The van der Waals surface area contributed by atoms with Crippen LogP contribution in [0.15, 0.2) is 35.6 Å². The molecule has 0 saturated carbocycles. The van der Waals surface area contributed by atoms with Crippen LogP contribution < -0.4 is 0 Å². The molecular weight excluding hydrogens is 331 g/mol. The van der Waals surface area contributed by atoms with Crippen molar-refractivity contribution >= 4 is 5.97 Å². The second-order valence-corrected chi connectivity index (χ2v) is 6.06. The first-order chi connectivity index (χ1) is 9.75. The SMILES string of the molecule is [CH2-]C1=CC(C)(C)C=C(O[C@H]2C[C@@H](O)C[C@@H](C(=O)O)O2)C=C1.[Ni]. The summed E-state index contributed by atoms with van der Waals surface area (Å²) in [4.78, 5) is 11.0. The van der Waals surface area contributed by atoms with Crippen molar-refractivity contribution in [3.63, 3.8) is 0 Å². The predicted molar refractivity (Wildman–Crippen MR) is 77.1 cm³/mol. The van der Waals surface area contributed by atoms with Gasteiger partial charge in [0.15, 0.2) is 6.10 Å². The Hall–Kier alpha value is -1.23. The number of aliphatic hydroxyl groups is 1. The number of hydrogen-bond acceptors (Lipinski definition) is 4. The average Bonchev–Trinajstić information content (AvgIpc) is 2.46. The van der Waals surface area contributed by atoms with Crippen LogP contribution >= 0.6 is 0 Å². The monoisotopic (exact) mass is 351 g/mol. The molecule has 0 radical (unpaired) electrons. The Labute approximate surface area is 140 Å². The molecule has 0 aromatic carbocycles. The van der Waals surface area contributed by atoms with Crippen LogP contribution in [-0.4, -0.2) is 34.7 Å². The number of hydrogen-bond donors (Lipinski definition) is 2. The Morgan fingerprint density at radius 1 is 1.36 bits per heavy atom. The van der Waals surface area contributed by atoms with Crippen molar-refractivity contribution in [2.24, 2.45) is 5.41 Å². The van der Waals surface area contributed by atoms with Gasteiger partial charge in [-0.05, 0) is 11.5 Å². The largest absolute Gasteiger partial charge is 0.479 e. The number of aliphatic carboxylic acids is 1. The summed E-state index contributed by atoms with van der Waals surface area (Å²) < 4.78 is 11.1. The van der Waals surface area contributed by atoms with Crippen LogP contribution in [0.1, 0.15) is 26.7 Å². The van der Waals surface area contributed by atoms with Gasteiger partial charge in [0, 0.05) is 29.3 Å². The molecule has 6 heteroatoms. The van der Waals surface area contributed by atoms with E-state index in [-0.39, 0.29) is 34.7 Å². The van der Waals surface area contributed by atoms with E-state index in [1.807, 2.05) is 32.1 Å². The van der Waals surface area contributed by atoms with Gasteiger partial charge in [0.2, 0.25) is 6.29 Å². The van der Waals surface area contributed by atoms with Crippen molar-refractivity contribution in [1.82, 2.24) is 0 Å². The number of rotatable bonds is 3. The smallest absolute Gasteiger partial charge is 0.333 e. The molecule has 2 rings (SSSR count). The maximum absolute atomic E-state index is 11.0. The summed E-state index contributed by atoms with van der Waals surface area (Å²) >= 11 is 0. The summed E-state index contributed by atoms with van der Waals surface area (Å²) in [5.74, 6) is -0.507. The molecule has 5 nitrogen and oxygen atoms in total. The van der Waals surface area contributed by atoms with Crippen LogP contribution in [0.5, 0.6) is 0 Å². The second kappa shape index (κ2) is 7.36. The first-order valence-corrected chi connectivity index (χ1v) is 6.94. The summed E-state index contributed by atoms with van der Waals surface area (Å²) in [5, 5.41) is 18.8. The fourth-order valence-electron chi connectivity index (χ4n) is 2.49. The Morgan fingerprint density at radius 3 is 2.68 bits per heavy atom. The van der Waals surface area contributed by atoms with Crippen LogP contribution in [0, 0.1) is 12.3 Å². The molecule has 0 bridgehead atoms. The van der Waals surface area contributed by atoms with Crippen molar-refractivity contribution in [2.45, 2.75) is 45.2 Å². The minimum Gasteiger partial charge on any atom is -0.479 e. The van der Waals surface area contributed by atoms with Crippen molar-refractivity contribution in [2.75, 3.05) is 0 Å². The normalized spacial score (nSPS) is 30.4. The minimum atomic E-state index is -1.09. The van der Waals surface area contributed by atoms with Crippen LogP contribution in [0.4, 0.5) is 0 Å². The van der Waals surface area contributed by atoms with Gasteiger partial charge in [-0.3, -0.25) is 0 Å². The number of aliphatic hydroxyl groups excluding tert-OH is 1. The molecule has 0 unspecified atom stereocenters. The van der Waals surface area contributed by atoms with Gasteiger partial charge in [0.05, 0.1) is 6.10 Å². The molecule has 1 fully saturated rings. The Kier molecular flexibility index (Phi) is 6.30. The zero-order valence-electron chi connectivity index (χ0n) is 12.6. The first-order valence-electron chi connectivity index (χ1n) is 6.94. The van der Waals surface area contributed by atoms with E-state index >= 15 is 0 Å². The van der Waals surface area contributed by atoms with E-state index in [1.54, 1.807) is 6.08 Å². The molecule has 2 aliphatic rings. The molecule has 3 atom stereocenters. The summed E-state index contributed by atoms with van der Waals surface area (Å²) in [5.41, 5.74) is 0.651. The van der Waals surface area contributed by atoms with Crippen molar-refractivity contribution in [1.29, 1.82) is 0 Å². The number of carbonyl (C=O) groups is 1. The maximum atomic E-state index is 11.0. The van der Waals surface area contributed by atoms with Crippen LogP contribution in [0.2, 0.25) is 0 Å². The topological polar surface area (TPSA) is 76.0 Å². The van der Waals surface area contributed by atoms with Crippen molar-refractivity contribution in [3.05, 3.63) is 42.6 Å². The molecule has 1 aliphatic carbocycles. The van der Waals surface area contributed by atoms with Gasteiger partial charge < -0.3 is 19.7 Å². The van der Waals surface area contributed by atoms with Gasteiger partial charge in [-0.25, -0.2) is 4.79 Å². The van der Waals surface area contributed by atoms with Crippen LogP contribution in [0.25, 0.3) is 0 Å². The van der Waals surface area contributed by atoms with Gasteiger partial charge in [-0.1, -0.05) is 19.9 Å². The maximum Gasteiger partial charge on any atom is 0.333 e. The van der Waals surface area contributed by atoms with Gasteiger partial charge >= 0.3 is 5.97 Å². The van der Waals surface area contributed by atoms with E-state index in [1.165, 1.54) is 0 Å². The molecule has 22 heavy (non-hydrogen) atoms. The summed E-state index contributed by atoms with van der Waals surface area (Å²) in [6.45, 7) is 7.96. The van der Waals surface area contributed by atoms with E-state index in [0.717, 1.165) is 5.57 Å². The second-order valence-electron chi connectivity index (χ2n) is 6.06. The minimum absolute atomic E-state index is 0. The van der Waals surface area contributed by atoms with Crippen molar-refractivity contribution in [3.8, 4) is 0 Å². The molecule has 126 valence electrons. The number of ether oxygens (including phenoxy) is 2. The van der Waals surface area contributed by atoms with Crippen molar-refractivity contribution < 1.29 is 41.0 Å². The van der Waals surface area contributed by atoms with Gasteiger partial charge in [-0.2, -0.15) is 24.6 Å². The predicted octanol–water partition coefficient (Wildman–Crippen LogP) is 2.19. The third-order valence-corrected chi connectivity index (χ3v) is 3.34. The fourth-order valence-corrected chi connectivity index (χ4v) is 2.49. The number of carboxylic acid groups (broad SMARTS) is 1. The quantitative estimate of drug-likeness (QED) is 0.602. The van der Waals surface area contributed by atoms with Gasteiger partial charge in [0.25, 0.3) is 0 Å². The van der Waals surface area contributed by atoms with Gasteiger partial charge in [-0.15, -0.1) is 0 Å². The molecule has 1 heterocycles. The van der Waals surface area contributed by atoms with E-state index in [0.29, 0.717) is 5.76 Å². The molecular formula is C16H21NiO5-. The molecule has 0 amide bonds.